The van der Waals surface area contributed by atoms with E-state index in [9.17, 15) is 0 Å². The maximum absolute atomic E-state index is 6.40. The predicted molar refractivity (Wildman–Crippen MR) is 91.3 cm³/mol. The van der Waals surface area contributed by atoms with Crippen LogP contribution in [0.5, 0.6) is 0 Å². The Labute approximate surface area is 128 Å². The molecule has 0 saturated heterocycles. The van der Waals surface area contributed by atoms with Crippen LogP contribution in [0.15, 0.2) is 36.5 Å². The van der Waals surface area contributed by atoms with Gasteiger partial charge < -0.3 is 5.73 Å². The normalized spacial score (nSPS) is 12.7. The summed E-state index contributed by atoms with van der Waals surface area (Å²) in [6.45, 7) is 2.26. The van der Waals surface area contributed by atoms with Gasteiger partial charge in [0.1, 0.15) is 0 Å². The zero-order chi connectivity index (χ0) is 14.9. The first-order valence-electron chi connectivity index (χ1n) is 8.42. The highest BCUT2D eigenvalue weighted by molar-refractivity contribution is 5.82. The lowest BCUT2D eigenvalue weighted by Gasteiger charge is -2.14. The van der Waals surface area contributed by atoms with E-state index in [2.05, 4.69) is 36.2 Å². The lowest BCUT2D eigenvalue weighted by Crippen LogP contribution is -2.10. The standard InChI is InChI=1S/C19H28N2/c1-2-3-4-5-6-7-8-12-18(20)16-14-15-21-19-13-10-9-11-17(16)19/h9-11,13-15,18H,2-8,12,20H2,1H3. The van der Waals surface area contributed by atoms with E-state index in [4.69, 9.17) is 5.73 Å². The first kappa shape index (κ1) is 16.0. The number of benzene rings is 1. The number of unbranched alkanes of at least 4 members (excludes halogenated alkanes) is 6. The second-order valence-electron chi connectivity index (χ2n) is 5.93. The van der Waals surface area contributed by atoms with Crippen molar-refractivity contribution in [2.45, 2.75) is 64.3 Å². The van der Waals surface area contributed by atoms with Crippen LogP contribution in [0.3, 0.4) is 0 Å². The summed E-state index contributed by atoms with van der Waals surface area (Å²) in [5.41, 5.74) is 8.68. The molecule has 0 aliphatic carbocycles. The van der Waals surface area contributed by atoms with Crippen molar-refractivity contribution in [3.63, 3.8) is 0 Å². The van der Waals surface area contributed by atoms with Crippen LogP contribution in [-0.4, -0.2) is 4.98 Å². The zero-order valence-electron chi connectivity index (χ0n) is 13.2. The number of hydrogen-bond acceptors (Lipinski definition) is 2. The average molecular weight is 284 g/mol. The van der Waals surface area contributed by atoms with Gasteiger partial charge in [-0.3, -0.25) is 4.98 Å². The third-order valence-electron chi connectivity index (χ3n) is 4.20. The van der Waals surface area contributed by atoms with E-state index < -0.39 is 0 Å². The molecule has 0 bridgehead atoms. The number of aromatic nitrogens is 1. The van der Waals surface area contributed by atoms with E-state index in [1.807, 2.05) is 12.3 Å². The Bertz CT molecular complexity index is 531. The third-order valence-corrected chi connectivity index (χ3v) is 4.20. The number of nitrogens with zero attached hydrogens (tertiary/aromatic N) is 1. The SMILES string of the molecule is CCCCCCCCCC(N)c1ccnc2ccccc12. The molecular formula is C19H28N2. The topological polar surface area (TPSA) is 38.9 Å². The smallest absolute Gasteiger partial charge is 0.0705 e. The molecule has 0 aliphatic rings. The molecule has 1 heterocycles. The molecule has 21 heavy (non-hydrogen) atoms. The summed E-state index contributed by atoms with van der Waals surface area (Å²) in [6, 6.07) is 10.5. The Balaban J connectivity index is 1.81. The first-order chi connectivity index (χ1) is 10.3. The molecule has 0 radical (unpaired) electrons. The van der Waals surface area contributed by atoms with Gasteiger partial charge >= 0.3 is 0 Å². The molecule has 1 atom stereocenters. The van der Waals surface area contributed by atoms with E-state index in [-0.39, 0.29) is 6.04 Å². The van der Waals surface area contributed by atoms with Crippen LogP contribution < -0.4 is 5.73 Å². The van der Waals surface area contributed by atoms with Crippen molar-refractivity contribution >= 4 is 10.9 Å². The molecule has 0 fully saturated rings. The van der Waals surface area contributed by atoms with Crippen molar-refractivity contribution in [3.8, 4) is 0 Å². The maximum atomic E-state index is 6.40. The summed E-state index contributed by atoms with van der Waals surface area (Å²) in [6.07, 6.45) is 12.3. The number of nitrogens with two attached hydrogens (primary N) is 1. The summed E-state index contributed by atoms with van der Waals surface area (Å²) in [5.74, 6) is 0. The molecule has 0 saturated carbocycles. The quantitative estimate of drug-likeness (QED) is 0.628. The number of fused-ring (bicyclic) bond motifs is 1. The first-order valence-corrected chi connectivity index (χ1v) is 8.42. The van der Waals surface area contributed by atoms with Gasteiger partial charge in [0.15, 0.2) is 0 Å². The second kappa shape index (κ2) is 8.78. The maximum Gasteiger partial charge on any atom is 0.0705 e. The van der Waals surface area contributed by atoms with Gasteiger partial charge in [-0.15, -0.1) is 0 Å². The zero-order valence-corrected chi connectivity index (χ0v) is 13.2. The number of para-hydroxylation sites is 1. The lowest BCUT2D eigenvalue weighted by atomic mass is 9.97. The minimum absolute atomic E-state index is 0.133. The minimum atomic E-state index is 0.133. The van der Waals surface area contributed by atoms with E-state index >= 15 is 0 Å². The van der Waals surface area contributed by atoms with Crippen LogP contribution in [0.1, 0.15) is 69.9 Å². The van der Waals surface area contributed by atoms with Gasteiger partial charge in [0.25, 0.3) is 0 Å². The Morgan fingerprint density at radius 2 is 1.67 bits per heavy atom. The highest BCUT2D eigenvalue weighted by Gasteiger charge is 2.09. The van der Waals surface area contributed by atoms with E-state index in [0.29, 0.717) is 0 Å². The molecular weight excluding hydrogens is 256 g/mol. The highest BCUT2D eigenvalue weighted by atomic mass is 14.7. The summed E-state index contributed by atoms with van der Waals surface area (Å²) in [5, 5.41) is 1.20. The summed E-state index contributed by atoms with van der Waals surface area (Å²) in [7, 11) is 0. The van der Waals surface area contributed by atoms with Gasteiger partial charge in [-0.05, 0) is 24.1 Å². The third kappa shape index (κ3) is 4.82. The van der Waals surface area contributed by atoms with Crippen LogP contribution in [0.4, 0.5) is 0 Å². The molecule has 1 aromatic heterocycles. The molecule has 2 rings (SSSR count). The molecule has 0 amide bonds. The fraction of sp³-hybridized carbons (Fsp3) is 0.526. The average Bonchev–Trinajstić information content (AvgIpc) is 2.53. The Kier molecular flexibility index (Phi) is 6.68. The van der Waals surface area contributed by atoms with Crippen molar-refractivity contribution in [3.05, 3.63) is 42.1 Å². The Hall–Kier alpha value is -1.41. The van der Waals surface area contributed by atoms with Crippen molar-refractivity contribution < 1.29 is 0 Å². The second-order valence-corrected chi connectivity index (χ2v) is 5.93. The summed E-state index contributed by atoms with van der Waals surface area (Å²) < 4.78 is 0. The number of hydrogen-bond donors (Lipinski definition) is 1. The largest absolute Gasteiger partial charge is 0.324 e. The van der Waals surface area contributed by atoms with Gasteiger partial charge in [0.05, 0.1) is 5.52 Å². The van der Waals surface area contributed by atoms with Crippen LogP contribution in [0, 0.1) is 0 Å². The Morgan fingerprint density at radius 3 is 2.48 bits per heavy atom. The number of rotatable bonds is 9. The van der Waals surface area contributed by atoms with Crippen LogP contribution >= 0.6 is 0 Å². The van der Waals surface area contributed by atoms with Crippen LogP contribution in [0.25, 0.3) is 10.9 Å². The predicted octanol–water partition coefficient (Wildman–Crippen LogP) is 5.38. The molecule has 0 aliphatic heterocycles. The highest BCUT2D eigenvalue weighted by Crippen LogP contribution is 2.24. The molecule has 2 nitrogen and oxygen atoms in total. The van der Waals surface area contributed by atoms with Crippen molar-refractivity contribution in [1.82, 2.24) is 4.98 Å². The molecule has 2 heteroatoms. The van der Waals surface area contributed by atoms with Gasteiger partial charge in [-0.25, -0.2) is 0 Å². The van der Waals surface area contributed by atoms with Crippen LogP contribution in [-0.2, 0) is 0 Å². The van der Waals surface area contributed by atoms with E-state index in [1.54, 1.807) is 0 Å². The van der Waals surface area contributed by atoms with E-state index in [0.717, 1.165) is 11.9 Å². The van der Waals surface area contributed by atoms with E-state index in [1.165, 1.54) is 55.9 Å². The van der Waals surface area contributed by atoms with Gasteiger partial charge in [0.2, 0.25) is 0 Å². The molecule has 0 spiro atoms. The van der Waals surface area contributed by atoms with Crippen molar-refractivity contribution in [1.29, 1.82) is 0 Å². The van der Waals surface area contributed by atoms with Crippen molar-refractivity contribution in [2.24, 2.45) is 5.73 Å². The molecule has 1 unspecified atom stereocenters. The fourth-order valence-corrected chi connectivity index (χ4v) is 2.92. The van der Waals surface area contributed by atoms with Gasteiger partial charge in [0, 0.05) is 17.6 Å². The fourth-order valence-electron chi connectivity index (χ4n) is 2.92. The minimum Gasteiger partial charge on any atom is -0.324 e. The van der Waals surface area contributed by atoms with Crippen molar-refractivity contribution in [2.75, 3.05) is 0 Å². The number of pyridine rings is 1. The molecule has 1 aromatic carbocycles. The molecule has 2 N–H and O–H groups in total. The summed E-state index contributed by atoms with van der Waals surface area (Å²) in [4.78, 5) is 4.41. The monoisotopic (exact) mass is 284 g/mol. The summed E-state index contributed by atoms with van der Waals surface area (Å²) >= 11 is 0. The van der Waals surface area contributed by atoms with Gasteiger partial charge in [-0.2, -0.15) is 0 Å². The Morgan fingerprint density at radius 1 is 0.952 bits per heavy atom. The van der Waals surface area contributed by atoms with Crippen LogP contribution in [0.2, 0.25) is 0 Å². The lowest BCUT2D eigenvalue weighted by molar-refractivity contribution is 0.542. The van der Waals surface area contributed by atoms with Gasteiger partial charge in [-0.1, -0.05) is 70.1 Å². The molecule has 2 aromatic rings. The molecule has 114 valence electrons.